The van der Waals surface area contributed by atoms with Gasteiger partial charge < -0.3 is 10.2 Å². The molecule has 0 saturated heterocycles. The van der Waals surface area contributed by atoms with Crippen LogP contribution in [0, 0.1) is 0 Å². The molecular weight excluding hydrogens is 214 g/mol. The number of aliphatic hydroxyl groups is 2. The van der Waals surface area contributed by atoms with E-state index in [1.807, 2.05) is 6.92 Å². The Morgan fingerprint density at radius 1 is 0.938 bits per heavy atom. The third kappa shape index (κ3) is 4.50. The van der Waals surface area contributed by atoms with Crippen LogP contribution in [0.2, 0.25) is 0 Å². The quantitative estimate of drug-likeness (QED) is 0.597. The molecule has 0 aliphatic rings. The van der Waals surface area contributed by atoms with E-state index in [-0.39, 0.29) is 6.42 Å². The summed E-state index contributed by atoms with van der Waals surface area (Å²) < 4.78 is 0. The van der Waals surface area contributed by atoms with Gasteiger partial charge >= 0.3 is 0 Å². The van der Waals surface area contributed by atoms with Gasteiger partial charge in [0.25, 0.3) is 11.8 Å². The van der Waals surface area contributed by atoms with Crippen molar-refractivity contribution >= 4 is 17.7 Å². The first kappa shape index (κ1) is 14.7. The number of hydrogen-bond acceptors (Lipinski definition) is 5. The maximum Gasteiger partial charge on any atom is 0.261 e. The molecule has 6 heteroatoms. The first-order valence-corrected chi connectivity index (χ1v) is 5.18. The van der Waals surface area contributed by atoms with E-state index in [2.05, 4.69) is 0 Å². The summed E-state index contributed by atoms with van der Waals surface area (Å²) in [4.78, 5) is 34.0. The van der Waals surface area contributed by atoms with E-state index < -0.39 is 30.9 Å². The average molecular weight is 231 g/mol. The van der Waals surface area contributed by atoms with Crippen molar-refractivity contribution in [2.75, 3.05) is 13.2 Å². The number of imide groups is 3. The monoisotopic (exact) mass is 231 g/mol. The van der Waals surface area contributed by atoms with Gasteiger partial charge in [-0.2, -0.15) is 0 Å². The molecule has 2 N–H and O–H groups in total. The van der Waals surface area contributed by atoms with Crippen molar-refractivity contribution in [1.29, 1.82) is 0 Å². The molecule has 0 radical (unpaired) electrons. The fourth-order valence-corrected chi connectivity index (χ4v) is 1.20. The lowest BCUT2D eigenvalue weighted by atomic mass is 10.2. The van der Waals surface area contributed by atoms with Crippen LogP contribution in [0.4, 0.5) is 0 Å². The topological polar surface area (TPSA) is 94.9 Å². The van der Waals surface area contributed by atoms with Gasteiger partial charge in [0, 0.05) is 6.42 Å². The van der Waals surface area contributed by atoms with Gasteiger partial charge in [0.1, 0.15) is 13.2 Å². The highest BCUT2D eigenvalue weighted by atomic mass is 16.3. The Hall–Kier alpha value is -1.27. The zero-order chi connectivity index (χ0) is 12.6. The number of amides is 3. The first-order chi connectivity index (χ1) is 7.58. The molecule has 0 aromatic rings. The van der Waals surface area contributed by atoms with Crippen LogP contribution in [0.15, 0.2) is 0 Å². The zero-order valence-electron chi connectivity index (χ0n) is 9.31. The number of hydrogen-bond donors (Lipinski definition) is 2. The van der Waals surface area contributed by atoms with Crippen LogP contribution in [-0.2, 0) is 14.4 Å². The number of aliphatic hydroxyl groups excluding tert-OH is 2. The minimum Gasteiger partial charge on any atom is -0.387 e. The molecule has 0 aliphatic heterocycles. The Morgan fingerprint density at radius 2 is 1.44 bits per heavy atom. The van der Waals surface area contributed by atoms with Crippen molar-refractivity contribution in [3.05, 3.63) is 0 Å². The summed E-state index contributed by atoms with van der Waals surface area (Å²) in [6.45, 7) is 0.108. The van der Waals surface area contributed by atoms with Crippen LogP contribution < -0.4 is 0 Å². The lowest BCUT2D eigenvalue weighted by molar-refractivity contribution is -0.156. The minimum atomic E-state index is -0.999. The molecule has 0 unspecified atom stereocenters. The van der Waals surface area contributed by atoms with Crippen molar-refractivity contribution < 1.29 is 24.6 Å². The van der Waals surface area contributed by atoms with E-state index in [9.17, 15) is 14.4 Å². The lowest BCUT2D eigenvalue weighted by Crippen LogP contribution is -2.44. The summed E-state index contributed by atoms with van der Waals surface area (Å²) in [5.41, 5.74) is 0. The summed E-state index contributed by atoms with van der Waals surface area (Å²) >= 11 is 0. The van der Waals surface area contributed by atoms with Gasteiger partial charge in [0.15, 0.2) is 0 Å². The van der Waals surface area contributed by atoms with Gasteiger partial charge in [-0.3, -0.25) is 14.4 Å². The molecule has 16 heavy (non-hydrogen) atoms. The second-order valence-corrected chi connectivity index (χ2v) is 3.29. The van der Waals surface area contributed by atoms with Gasteiger partial charge in [-0.15, -0.1) is 0 Å². The Bertz CT molecular complexity index is 248. The molecule has 0 aliphatic carbocycles. The molecule has 0 bridgehead atoms. The molecule has 0 saturated carbocycles. The number of rotatable bonds is 6. The van der Waals surface area contributed by atoms with Crippen molar-refractivity contribution in [1.82, 2.24) is 4.90 Å². The Morgan fingerprint density at radius 3 is 1.81 bits per heavy atom. The van der Waals surface area contributed by atoms with E-state index in [0.717, 1.165) is 12.8 Å². The largest absolute Gasteiger partial charge is 0.387 e. The Kier molecular flexibility index (Phi) is 7.32. The van der Waals surface area contributed by atoms with Crippen molar-refractivity contribution in [3.8, 4) is 0 Å². The van der Waals surface area contributed by atoms with Crippen molar-refractivity contribution in [3.63, 3.8) is 0 Å². The predicted molar refractivity (Wildman–Crippen MR) is 55.2 cm³/mol. The van der Waals surface area contributed by atoms with Crippen LogP contribution >= 0.6 is 0 Å². The second-order valence-electron chi connectivity index (χ2n) is 3.29. The molecule has 92 valence electrons. The van der Waals surface area contributed by atoms with Crippen LogP contribution in [0.25, 0.3) is 0 Å². The van der Waals surface area contributed by atoms with E-state index in [1.54, 1.807) is 0 Å². The second kappa shape index (κ2) is 7.95. The van der Waals surface area contributed by atoms with Gasteiger partial charge in [-0.25, -0.2) is 4.90 Å². The fourth-order valence-electron chi connectivity index (χ4n) is 1.20. The van der Waals surface area contributed by atoms with Crippen LogP contribution in [0.1, 0.15) is 32.6 Å². The molecule has 6 nitrogen and oxygen atoms in total. The number of carbonyl (C=O) groups is 3. The van der Waals surface area contributed by atoms with Gasteiger partial charge in [-0.05, 0) is 6.42 Å². The maximum atomic E-state index is 11.5. The smallest absolute Gasteiger partial charge is 0.261 e. The third-order valence-electron chi connectivity index (χ3n) is 2.01. The highest BCUT2D eigenvalue weighted by molar-refractivity contribution is 6.11. The summed E-state index contributed by atoms with van der Waals surface area (Å²) in [6, 6.07) is 0. The van der Waals surface area contributed by atoms with Crippen molar-refractivity contribution in [2.24, 2.45) is 0 Å². The number of nitrogens with zero attached hydrogens (tertiary/aromatic N) is 1. The first-order valence-electron chi connectivity index (χ1n) is 5.18. The van der Waals surface area contributed by atoms with E-state index in [0.29, 0.717) is 11.3 Å². The molecule has 0 atom stereocenters. The maximum absolute atomic E-state index is 11.5. The van der Waals surface area contributed by atoms with Gasteiger partial charge in [-0.1, -0.05) is 19.8 Å². The SMILES string of the molecule is CCCCCC(=O)N(C(=O)CO)C(=O)CO. The van der Waals surface area contributed by atoms with E-state index in [1.165, 1.54) is 0 Å². The summed E-state index contributed by atoms with van der Waals surface area (Å²) in [5.74, 6) is -2.67. The Labute approximate surface area is 93.9 Å². The minimum absolute atomic E-state index is 0.0608. The number of carbonyl (C=O) groups excluding carboxylic acids is 3. The molecule has 0 heterocycles. The summed E-state index contributed by atoms with van der Waals surface area (Å²) in [5, 5.41) is 17.2. The molecule has 0 aromatic carbocycles. The van der Waals surface area contributed by atoms with E-state index >= 15 is 0 Å². The summed E-state index contributed by atoms with van der Waals surface area (Å²) in [6.07, 6.45) is 2.37. The molecule has 0 aromatic heterocycles. The molecule has 3 amide bonds. The molecule has 0 rings (SSSR count). The van der Waals surface area contributed by atoms with Crippen LogP contribution in [0.5, 0.6) is 0 Å². The highest BCUT2D eigenvalue weighted by Crippen LogP contribution is 2.04. The van der Waals surface area contributed by atoms with E-state index in [4.69, 9.17) is 10.2 Å². The van der Waals surface area contributed by atoms with Gasteiger partial charge in [0.2, 0.25) is 5.91 Å². The zero-order valence-corrected chi connectivity index (χ0v) is 9.31. The van der Waals surface area contributed by atoms with Crippen LogP contribution in [0.3, 0.4) is 0 Å². The standard InChI is InChI=1S/C10H17NO5/c1-2-3-4-5-8(14)11(9(15)6-12)10(16)7-13/h12-13H,2-7H2,1H3. The van der Waals surface area contributed by atoms with Gasteiger partial charge in [0.05, 0.1) is 0 Å². The highest BCUT2D eigenvalue weighted by Gasteiger charge is 2.26. The lowest BCUT2D eigenvalue weighted by Gasteiger charge is -2.16. The summed E-state index contributed by atoms with van der Waals surface area (Å²) in [7, 11) is 0. The molecular formula is C10H17NO5. The van der Waals surface area contributed by atoms with Crippen molar-refractivity contribution in [2.45, 2.75) is 32.6 Å². The van der Waals surface area contributed by atoms with Crippen LogP contribution in [-0.4, -0.2) is 46.0 Å². The average Bonchev–Trinajstić information content (AvgIpc) is 2.29. The fraction of sp³-hybridized carbons (Fsp3) is 0.700. The third-order valence-corrected chi connectivity index (χ3v) is 2.01. The number of unbranched alkanes of at least 4 members (excludes halogenated alkanes) is 2. The molecule has 0 fully saturated rings. The molecule has 0 spiro atoms. The normalized spacial score (nSPS) is 9.94. The Balaban J connectivity index is 4.45. The predicted octanol–water partition coefficient (Wildman–Crippen LogP) is -0.567.